The van der Waals surface area contributed by atoms with Gasteiger partial charge in [0.25, 0.3) is 0 Å². The van der Waals surface area contributed by atoms with Crippen molar-refractivity contribution in [3.05, 3.63) is 58.3 Å². The van der Waals surface area contributed by atoms with E-state index in [1.165, 1.54) is 11.3 Å². The largest absolute Gasteiger partial charge is 0.347 e. The van der Waals surface area contributed by atoms with Crippen LogP contribution in [0.3, 0.4) is 0 Å². The third kappa shape index (κ3) is 2.35. The second kappa shape index (κ2) is 4.77. The van der Waals surface area contributed by atoms with Gasteiger partial charge in [-0.3, -0.25) is 4.79 Å². The predicted molar refractivity (Wildman–Crippen MR) is 70.6 cm³/mol. The van der Waals surface area contributed by atoms with Gasteiger partial charge in [-0.05, 0) is 23.6 Å². The number of hydrogen-bond donors (Lipinski definition) is 0. The van der Waals surface area contributed by atoms with Crippen molar-refractivity contribution in [2.45, 2.75) is 12.2 Å². The van der Waals surface area contributed by atoms with Crippen molar-refractivity contribution >= 4 is 17.1 Å². The minimum absolute atomic E-state index is 0.0392. The SMILES string of the molecule is O=C(c1cccs1)C1OC1C#Cc1ccccc1. The normalized spacial score (nSPS) is 20.9. The molecular weight excluding hydrogens is 244 g/mol. The summed E-state index contributed by atoms with van der Waals surface area (Å²) >= 11 is 1.44. The molecule has 0 radical (unpaired) electrons. The molecule has 2 aromatic rings. The molecule has 1 aliphatic heterocycles. The molecule has 18 heavy (non-hydrogen) atoms. The fourth-order valence-corrected chi connectivity index (χ4v) is 2.35. The lowest BCUT2D eigenvalue weighted by atomic mass is 10.2. The summed E-state index contributed by atoms with van der Waals surface area (Å²) in [7, 11) is 0. The number of hydrogen-bond acceptors (Lipinski definition) is 3. The highest BCUT2D eigenvalue weighted by Gasteiger charge is 2.44. The van der Waals surface area contributed by atoms with Crippen molar-refractivity contribution in [1.29, 1.82) is 0 Å². The number of rotatable bonds is 2. The average molecular weight is 254 g/mol. The van der Waals surface area contributed by atoms with Crippen molar-refractivity contribution in [2.75, 3.05) is 0 Å². The van der Waals surface area contributed by atoms with Gasteiger partial charge in [0, 0.05) is 5.56 Å². The molecule has 2 atom stereocenters. The highest BCUT2D eigenvalue weighted by atomic mass is 32.1. The molecule has 1 saturated heterocycles. The van der Waals surface area contributed by atoms with Crippen LogP contribution in [0, 0.1) is 11.8 Å². The molecule has 1 aliphatic rings. The van der Waals surface area contributed by atoms with E-state index in [2.05, 4.69) is 11.8 Å². The van der Waals surface area contributed by atoms with Crippen LogP contribution >= 0.6 is 11.3 Å². The van der Waals surface area contributed by atoms with Gasteiger partial charge in [0.2, 0.25) is 5.78 Å². The molecule has 3 rings (SSSR count). The van der Waals surface area contributed by atoms with E-state index in [-0.39, 0.29) is 18.0 Å². The van der Waals surface area contributed by atoms with E-state index in [0.29, 0.717) is 0 Å². The Morgan fingerprint density at radius 3 is 2.72 bits per heavy atom. The Kier molecular flexibility index (Phi) is 2.97. The molecule has 0 amide bonds. The van der Waals surface area contributed by atoms with E-state index < -0.39 is 0 Å². The number of carbonyl (C=O) groups excluding carboxylic acids is 1. The average Bonchev–Trinajstić information content (AvgIpc) is 2.98. The lowest BCUT2D eigenvalue weighted by molar-refractivity contribution is 0.0957. The number of thiophene rings is 1. The van der Waals surface area contributed by atoms with E-state index in [4.69, 9.17) is 4.74 Å². The Bertz CT molecular complexity index is 605. The Labute approximate surface area is 109 Å². The minimum Gasteiger partial charge on any atom is -0.347 e. The van der Waals surface area contributed by atoms with Gasteiger partial charge in [-0.2, -0.15) is 0 Å². The maximum Gasteiger partial charge on any atom is 0.205 e. The predicted octanol–water partition coefficient (Wildman–Crippen LogP) is 2.75. The second-order valence-corrected chi connectivity index (χ2v) is 4.90. The Morgan fingerprint density at radius 1 is 1.17 bits per heavy atom. The van der Waals surface area contributed by atoms with Crippen LogP contribution in [0.25, 0.3) is 0 Å². The van der Waals surface area contributed by atoms with E-state index in [1.54, 1.807) is 0 Å². The molecule has 0 N–H and O–H groups in total. The first-order valence-corrected chi connectivity index (χ1v) is 6.52. The summed E-state index contributed by atoms with van der Waals surface area (Å²) in [5.74, 6) is 6.03. The lowest BCUT2D eigenvalue weighted by Crippen LogP contribution is -2.07. The number of epoxide rings is 1. The molecule has 1 aromatic heterocycles. The van der Waals surface area contributed by atoms with Crippen molar-refractivity contribution in [1.82, 2.24) is 0 Å². The molecule has 0 saturated carbocycles. The zero-order valence-corrected chi connectivity index (χ0v) is 10.3. The summed E-state index contributed by atoms with van der Waals surface area (Å²) in [5.41, 5.74) is 0.940. The van der Waals surface area contributed by atoms with Crippen molar-refractivity contribution < 1.29 is 9.53 Å². The molecule has 2 unspecified atom stereocenters. The summed E-state index contributed by atoms with van der Waals surface area (Å²) in [5, 5.41) is 1.89. The number of ketones is 1. The monoisotopic (exact) mass is 254 g/mol. The minimum atomic E-state index is -0.375. The van der Waals surface area contributed by atoms with Crippen LogP contribution in [-0.2, 0) is 4.74 Å². The van der Waals surface area contributed by atoms with Gasteiger partial charge in [-0.25, -0.2) is 0 Å². The fraction of sp³-hybridized carbons (Fsp3) is 0.133. The van der Waals surface area contributed by atoms with E-state index in [1.807, 2.05) is 47.8 Å². The van der Waals surface area contributed by atoms with Gasteiger partial charge in [0.15, 0.2) is 12.2 Å². The van der Waals surface area contributed by atoms with Crippen LogP contribution in [0.1, 0.15) is 15.2 Å². The molecule has 0 aliphatic carbocycles. The van der Waals surface area contributed by atoms with Crippen LogP contribution in [-0.4, -0.2) is 18.0 Å². The summed E-state index contributed by atoms with van der Waals surface area (Å²) in [6.07, 6.45) is -0.625. The summed E-state index contributed by atoms with van der Waals surface area (Å²) < 4.78 is 5.31. The molecule has 2 nitrogen and oxygen atoms in total. The highest BCUT2D eigenvalue weighted by Crippen LogP contribution is 2.27. The molecule has 3 heteroatoms. The van der Waals surface area contributed by atoms with Crippen molar-refractivity contribution in [2.24, 2.45) is 0 Å². The van der Waals surface area contributed by atoms with E-state index in [0.717, 1.165) is 10.4 Å². The zero-order chi connectivity index (χ0) is 12.4. The maximum absolute atomic E-state index is 11.9. The molecule has 1 fully saturated rings. The Hall–Kier alpha value is -1.89. The Morgan fingerprint density at radius 2 is 2.00 bits per heavy atom. The summed E-state index contributed by atoms with van der Waals surface area (Å²) in [6, 6.07) is 13.4. The number of benzene rings is 1. The number of ether oxygens (including phenoxy) is 1. The third-order valence-corrected chi connectivity index (χ3v) is 3.53. The highest BCUT2D eigenvalue weighted by molar-refractivity contribution is 7.12. The molecule has 0 bridgehead atoms. The van der Waals surface area contributed by atoms with Gasteiger partial charge in [-0.1, -0.05) is 36.1 Å². The fourth-order valence-electron chi connectivity index (χ4n) is 1.66. The summed E-state index contributed by atoms with van der Waals surface area (Å²) in [6.45, 7) is 0. The van der Waals surface area contributed by atoms with Crippen LogP contribution in [0.15, 0.2) is 47.8 Å². The number of carbonyl (C=O) groups is 1. The summed E-state index contributed by atoms with van der Waals surface area (Å²) in [4.78, 5) is 12.6. The molecular formula is C15H10O2S. The molecule has 88 valence electrons. The van der Waals surface area contributed by atoms with E-state index >= 15 is 0 Å². The van der Waals surface area contributed by atoms with Gasteiger partial charge >= 0.3 is 0 Å². The smallest absolute Gasteiger partial charge is 0.205 e. The van der Waals surface area contributed by atoms with Gasteiger partial charge in [0.05, 0.1) is 4.88 Å². The zero-order valence-electron chi connectivity index (χ0n) is 9.50. The van der Waals surface area contributed by atoms with Gasteiger partial charge < -0.3 is 4.74 Å². The third-order valence-electron chi connectivity index (χ3n) is 2.65. The maximum atomic E-state index is 11.9. The van der Waals surface area contributed by atoms with Crippen molar-refractivity contribution in [3.8, 4) is 11.8 Å². The lowest BCUT2D eigenvalue weighted by Gasteiger charge is -1.88. The van der Waals surface area contributed by atoms with Crippen LogP contribution in [0.5, 0.6) is 0 Å². The van der Waals surface area contributed by atoms with Crippen LogP contribution in [0.4, 0.5) is 0 Å². The first kappa shape index (κ1) is 11.2. The topological polar surface area (TPSA) is 29.6 Å². The first-order chi connectivity index (χ1) is 8.84. The van der Waals surface area contributed by atoms with Crippen LogP contribution in [0.2, 0.25) is 0 Å². The number of Topliss-reactive ketones (excluding diaryl/α,β-unsaturated/α-hetero) is 1. The second-order valence-electron chi connectivity index (χ2n) is 3.95. The molecule has 0 spiro atoms. The Balaban J connectivity index is 1.66. The van der Waals surface area contributed by atoms with Gasteiger partial charge in [0.1, 0.15) is 0 Å². The van der Waals surface area contributed by atoms with Gasteiger partial charge in [-0.15, -0.1) is 11.3 Å². The standard InChI is InChI=1S/C15H10O2S/c16-14(13-7-4-10-18-13)15-12(17-15)9-8-11-5-2-1-3-6-11/h1-7,10,12,15H. The quantitative estimate of drug-likeness (QED) is 0.468. The molecule has 1 aromatic carbocycles. The molecule has 2 heterocycles. The van der Waals surface area contributed by atoms with Crippen molar-refractivity contribution in [3.63, 3.8) is 0 Å². The van der Waals surface area contributed by atoms with E-state index in [9.17, 15) is 4.79 Å². The first-order valence-electron chi connectivity index (χ1n) is 5.64. The van der Waals surface area contributed by atoms with Crippen LogP contribution < -0.4 is 0 Å².